The Morgan fingerprint density at radius 2 is 2.14 bits per heavy atom. The van der Waals surface area contributed by atoms with Crippen LogP contribution >= 0.6 is 0 Å². The fraction of sp³-hybridized carbons (Fsp3) is 0.375. The number of rotatable bonds is 2. The lowest BCUT2D eigenvalue weighted by Crippen LogP contribution is -2.01. The molecule has 3 heterocycles. The molecule has 0 amide bonds. The van der Waals surface area contributed by atoms with Gasteiger partial charge >= 0.3 is 0 Å². The highest BCUT2D eigenvalue weighted by atomic mass is 15.3. The van der Waals surface area contributed by atoms with Crippen molar-refractivity contribution in [1.82, 2.24) is 24.4 Å². The molecule has 0 radical (unpaired) electrons. The molecule has 1 saturated carbocycles. The summed E-state index contributed by atoms with van der Waals surface area (Å²) in [6.07, 6.45) is 2.75. The molecule has 1 aliphatic carbocycles. The molecule has 0 spiro atoms. The first-order valence-electron chi connectivity index (χ1n) is 7.34. The smallest absolute Gasteiger partial charge is 0.158 e. The number of fused-ring (bicyclic) bond motifs is 1. The summed E-state index contributed by atoms with van der Waals surface area (Å²) in [5.41, 5.74) is 5.83. The van der Waals surface area contributed by atoms with Crippen LogP contribution in [0.3, 0.4) is 0 Å². The van der Waals surface area contributed by atoms with Gasteiger partial charge in [0.1, 0.15) is 0 Å². The maximum Gasteiger partial charge on any atom is 0.158 e. The summed E-state index contributed by atoms with van der Waals surface area (Å²) in [5, 5.41) is 17.9. The van der Waals surface area contributed by atoms with E-state index in [9.17, 15) is 0 Å². The average Bonchev–Trinajstić information content (AvgIpc) is 3.06. The van der Waals surface area contributed by atoms with E-state index in [0.717, 1.165) is 40.4 Å². The Morgan fingerprint density at radius 3 is 2.86 bits per heavy atom. The molecule has 0 N–H and O–H groups in total. The summed E-state index contributed by atoms with van der Waals surface area (Å²) in [6.45, 7) is 4.03. The Balaban J connectivity index is 1.82. The molecule has 1 fully saturated rings. The lowest BCUT2D eigenvalue weighted by atomic mass is 10.2. The van der Waals surface area contributed by atoms with Crippen LogP contribution in [0, 0.1) is 31.1 Å². The minimum absolute atomic E-state index is 0.122. The third-order valence-corrected chi connectivity index (χ3v) is 4.32. The van der Waals surface area contributed by atoms with Crippen molar-refractivity contribution in [3.8, 4) is 17.5 Å². The van der Waals surface area contributed by atoms with Gasteiger partial charge in [-0.1, -0.05) is 0 Å². The Bertz CT molecular complexity index is 926. The average molecular weight is 292 g/mol. The van der Waals surface area contributed by atoms with E-state index >= 15 is 0 Å². The van der Waals surface area contributed by atoms with Crippen LogP contribution in [0.25, 0.3) is 17.0 Å². The van der Waals surface area contributed by atoms with Gasteiger partial charge in [-0.3, -0.25) is 4.68 Å². The largest absolute Gasteiger partial charge is 0.266 e. The molecule has 3 aromatic rings. The summed E-state index contributed by atoms with van der Waals surface area (Å²) in [4.78, 5) is 4.73. The van der Waals surface area contributed by atoms with Gasteiger partial charge < -0.3 is 0 Å². The monoisotopic (exact) mass is 292 g/mol. The minimum atomic E-state index is 0.122. The lowest BCUT2D eigenvalue weighted by Gasteiger charge is -2.05. The maximum atomic E-state index is 8.99. The second-order valence-electron chi connectivity index (χ2n) is 6.00. The molecule has 0 bridgehead atoms. The van der Waals surface area contributed by atoms with Crippen molar-refractivity contribution in [3.63, 3.8) is 0 Å². The zero-order valence-electron chi connectivity index (χ0n) is 12.8. The van der Waals surface area contributed by atoms with Gasteiger partial charge in [-0.05, 0) is 32.4 Å². The van der Waals surface area contributed by atoms with E-state index in [1.54, 1.807) is 0 Å². The first-order chi connectivity index (χ1) is 10.6. The molecular weight excluding hydrogens is 276 g/mol. The first-order valence-corrected chi connectivity index (χ1v) is 7.34. The number of nitrogens with zero attached hydrogens (tertiary/aromatic N) is 6. The van der Waals surface area contributed by atoms with E-state index in [2.05, 4.69) is 22.3 Å². The summed E-state index contributed by atoms with van der Waals surface area (Å²) >= 11 is 0. The second kappa shape index (κ2) is 4.41. The van der Waals surface area contributed by atoms with Crippen molar-refractivity contribution >= 4 is 5.65 Å². The molecule has 1 aliphatic rings. The van der Waals surface area contributed by atoms with E-state index in [4.69, 9.17) is 10.2 Å². The topological polar surface area (TPSA) is 71.8 Å². The standard InChI is InChI=1S/C16H16N6/c1-9-8-18-22-10(2)4-14(19-16(9)22)15-6-13(20-21(15)3)12-5-11(12)7-17/h4,6,8,11-12H,5H2,1-3H3. The van der Waals surface area contributed by atoms with Crippen LogP contribution in [0.2, 0.25) is 0 Å². The first kappa shape index (κ1) is 13.0. The third-order valence-electron chi connectivity index (χ3n) is 4.32. The van der Waals surface area contributed by atoms with Gasteiger partial charge in [0, 0.05) is 24.2 Å². The van der Waals surface area contributed by atoms with Gasteiger partial charge in [0.25, 0.3) is 0 Å². The van der Waals surface area contributed by atoms with Gasteiger partial charge in [-0.25, -0.2) is 9.50 Å². The number of hydrogen-bond donors (Lipinski definition) is 0. The summed E-state index contributed by atoms with van der Waals surface area (Å²) in [5.74, 6) is 0.406. The number of hydrogen-bond acceptors (Lipinski definition) is 4. The zero-order chi connectivity index (χ0) is 15.4. The van der Waals surface area contributed by atoms with Gasteiger partial charge in [0.05, 0.1) is 35.3 Å². The van der Waals surface area contributed by atoms with E-state index in [1.165, 1.54) is 0 Å². The molecule has 22 heavy (non-hydrogen) atoms. The fourth-order valence-electron chi connectivity index (χ4n) is 2.93. The molecule has 0 aromatic carbocycles. The third kappa shape index (κ3) is 1.82. The number of aromatic nitrogens is 5. The van der Waals surface area contributed by atoms with E-state index in [1.807, 2.05) is 42.4 Å². The molecule has 0 aliphatic heterocycles. The van der Waals surface area contributed by atoms with E-state index in [-0.39, 0.29) is 11.8 Å². The Kier molecular flexibility index (Phi) is 2.61. The Morgan fingerprint density at radius 1 is 1.32 bits per heavy atom. The van der Waals surface area contributed by atoms with Gasteiger partial charge in [-0.15, -0.1) is 0 Å². The molecule has 110 valence electrons. The van der Waals surface area contributed by atoms with Crippen molar-refractivity contribution in [2.45, 2.75) is 26.2 Å². The predicted octanol–water partition coefficient (Wildman–Crippen LogP) is 2.37. The van der Waals surface area contributed by atoms with Crippen LogP contribution in [-0.4, -0.2) is 24.4 Å². The van der Waals surface area contributed by atoms with Crippen LogP contribution in [0.4, 0.5) is 0 Å². The van der Waals surface area contributed by atoms with Crippen LogP contribution in [0.1, 0.15) is 29.3 Å². The van der Waals surface area contributed by atoms with Gasteiger partial charge in [-0.2, -0.15) is 15.5 Å². The molecule has 4 rings (SSSR count). The highest BCUT2D eigenvalue weighted by molar-refractivity contribution is 5.61. The molecule has 6 heteroatoms. The zero-order valence-corrected chi connectivity index (χ0v) is 12.8. The summed E-state index contributed by atoms with van der Waals surface area (Å²) in [6, 6.07) is 6.40. The Hall–Kier alpha value is -2.68. The molecule has 2 atom stereocenters. The summed E-state index contributed by atoms with van der Waals surface area (Å²) < 4.78 is 3.70. The molecule has 2 unspecified atom stereocenters. The van der Waals surface area contributed by atoms with Crippen molar-refractivity contribution < 1.29 is 0 Å². The molecule has 3 aromatic heterocycles. The van der Waals surface area contributed by atoms with Crippen molar-refractivity contribution in [2.75, 3.05) is 0 Å². The Labute approximate surface area is 128 Å². The van der Waals surface area contributed by atoms with Crippen molar-refractivity contribution in [1.29, 1.82) is 5.26 Å². The van der Waals surface area contributed by atoms with Crippen LogP contribution in [-0.2, 0) is 7.05 Å². The summed E-state index contributed by atoms with van der Waals surface area (Å²) in [7, 11) is 1.92. The van der Waals surface area contributed by atoms with Crippen molar-refractivity contribution in [2.24, 2.45) is 13.0 Å². The quantitative estimate of drug-likeness (QED) is 0.727. The number of nitriles is 1. The second-order valence-corrected chi connectivity index (χ2v) is 6.00. The SMILES string of the molecule is Cc1cnn2c(C)cc(-c3cc(C4CC4C#N)nn3C)nc12. The number of aryl methyl sites for hydroxylation is 3. The molecule has 6 nitrogen and oxygen atoms in total. The van der Waals surface area contributed by atoms with Crippen LogP contribution in [0.5, 0.6) is 0 Å². The van der Waals surface area contributed by atoms with E-state index in [0.29, 0.717) is 0 Å². The molecular formula is C16H16N6. The normalized spacial score (nSPS) is 20.3. The fourth-order valence-corrected chi connectivity index (χ4v) is 2.93. The predicted molar refractivity (Wildman–Crippen MR) is 81.1 cm³/mol. The highest BCUT2D eigenvalue weighted by Crippen LogP contribution is 2.46. The minimum Gasteiger partial charge on any atom is -0.266 e. The lowest BCUT2D eigenvalue weighted by molar-refractivity contribution is 0.744. The van der Waals surface area contributed by atoms with E-state index < -0.39 is 0 Å². The van der Waals surface area contributed by atoms with Crippen molar-refractivity contribution in [3.05, 3.63) is 35.3 Å². The highest BCUT2D eigenvalue weighted by Gasteiger charge is 2.40. The van der Waals surface area contributed by atoms with Crippen LogP contribution in [0.15, 0.2) is 18.3 Å². The van der Waals surface area contributed by atoms with Gasteiger partial charge in [0.2, 0.25) is 0 Å². The maximum absolute atomic E-state index is 8.99. The molecule has 0 saturated heterocycles. The van der Waals surface area contributed by atoms with Gasteiger partial charge in [0.15, 0.2) is 5.65 Å². The van der Waals surface area contributed by atoms with Crippen LogP contribution < -0.4 is 0 Å².